The molecule has 1 N–H and O–H groups in total. The zero-order chi connectivity index (χ0) is 12.8. The molecule has 0 aromatic carbocycles. The Balaban J connectivity index is 1.83. The van der Waals surface area contributed by atoms with Gasteiger partial charge in [0.25, 0.3) is 0 Å². The predicted molar refractivity (Wildman–Crippen MR) is 67.7 cm³/mol. The number of nitrogens with zero attached hydrogens (tertiary/aromatic N) is 1. The quantitative estimate of drug-likeness (QED) is 0.783. The standard InChI is InChI=1S/C12H15ClN2O3/c1-16-7-6-14-5-4-12-15-8-10(18-12)9-2-3-11(13)17-9/h2-3,8,14H,4-7H2,1H3. The van der Waals surface area contributed by atoms with Crippen LogP contribution in [0.2, 0.25) is 5.22 Å². The minimum absolute atomic E-state index is 0.337. The van der Waals surface area contributed by atoms with Crippen LogP contribution in [0, 0.1) is 0 Å². The van der Waals surface area contributed by atoms with Crippen molar-refractivity contribution in [2.75, 3.05) is 26.8 Å². The van der Waals surface area contributed by atoms with Gasteiger partial charge in [-0.1, -0.05) is 0 Å². The molecule has 0 aliphatic heterocycles. The van der Waals surface area contributed by atoms with Crippen LogP contribution in [-0.4, -0.2) is 31.8 Å². The molecule has 0 fully saturated rings. The second-order valence-electron chi connectivity index (χ2n) is 3.71. The Morgan fingerprint density at radius 1 is 1.28 bits per heavy atom. The Morgan fingerprint density at radius 3 is 2.89 bits per heavy atom. The summed E-state index contributed by atoms with van der Waals surface area (Å²) in [5, 5.41) is 3.56. The van der Waals surface area contributed by atoms with Gasteiger partial charge in [-0.25, -0.2) is 4.98 Å². The van der Waals surface area contributed by atoms with Gasteiger partial charge in [-0.05, 0) is 23.7 Å². The van der Waals surface area contributed by atoms with E-state index in [4.69, 9.17) is 25.2 Å². The summed E-state index contributed by atoms with van der Waals surface area (Å²) in [7, 11) is 1.68. The van der Waals surface area contributed by atoms with E-state index in [-0.39, 0.29) is 0 Å². The average molecular weight is 271 g/mol. The lowest BCUT2D eigenvalue weighted by atomic mass is 10.4. The number of hydrogen-bond acceptors (Lipinski definition) is 5. The van der Waals surface area contributed by atoms with E-state index in [1.165, 1.54) is 0 Å². The van der Waals surface area contributed by atoms with Crippen molar-refractivity contribution in [1.29, 1.82) is 0 Å². The fourth-order valence-corrected chi connectivity index (χ4v) is 1.63. The number of nitrogens with one attached hydrogen (secondary N) is 1. The van der Waals surface area contributed by atoms with Gasteiger partial charge in [-0.15, -0.1) is 0 Å². The van der Waals surface area contributed by atoms with Crippen molar-refractivity contribution < 1.29 is 13.6 Å². The second kappa shape index (κ2) is 6.58. The number of methoxy groups -OCH3 is 1. The van der Waals surface area contributed by atoms with Crippen LogP contribution in [0.5, 0.6) is 0 Å². The third kappa shape index (κ3) is 3.60. The highest BCUT2D eigenvalue weighted by Crippen LogP contribution is 2.25. The highest BCUT2D eigenvalue weighted by Gasteiger charge is 2.09. The van der Waals surface area contributed by atoms with Crippen molar-refractivity contribution in [3.8, 4) is 11.5 Å². The first-order valence-corrected chi connectivity index (χ1v) is 6.07. The van der Waals surface area contributed by atoms with Gasteiger partial charge in [0.15, 0.2) is 22.6 Å². The van der Waals surface area contributed by atoms with Crippen LogP contribution in [0.25, 0.3) is 11.5 Å². The maximum Gasteiger partial charge on any atom is 0.196 e. The van der Waals surface area contributed by atoms with Crippen molar-refractivity contribution in [3.05, 3.63) is 29.4 Å². The predicted octanol–water partition coefficient (Wildman–Crippen LogP) is 2.37. The normalized spacial score (nSPS) is 11.0. The molecule has 2 rings (SSSR count). The minimum atomic E-state index is 0.337. The number of rotatable bonds is 7. The Bertz CT molecular complexity index is 481. The van der Waals surface area contributed by atoms with Gasteiger partial charge < -0.3 is 18.9 Å². The van der Waals surface area contributed by atoms with E-state index in [1.807, 2.05) is 0 Å². The zero-order valence-corrected chi connectivity index (χ0v) is 10.9. The van der Waals surface area contributed by atoms with E-state index in [0.29, 0.717) is 29.2 Å². The first-order chi connectivity index (χ1) is 8.79. The summed E-state index contributed by atoms with van der Waals surface area (Å²) in [6.45, 7) is 2.31. The van der Waals surface area contributed by atoms with Crippen molar-refractivity contribution in [1.82, 2.24) is 10.3 Å². The van der Waals surface area contributed by atoms with Gasteiger partial charge in [0, 0.05) is 26.6 Å². The maximum atomic E-state index is 5.70. The topological polar surface area (TPSA) is 60.4 Å². The summed E-state index contributed by atoms with van der Waals surface area (Å²) >= 11 is 5.70. The molecular weight excluding hydrogens is 256 g/mol. The van der Waals surface area contributed by atoms with E-state index in [1.54, 1.807) is 25.4 Å². The Hall–Kier alpha value is -1.30. The van der Waals surface area contributed by atoms with E-state index < -0.39 is 0 Å². The largest absolute Gasteiger partial charge is 0.441 e. The molecule has 6 heteroatoms. The summed E-state index contributed by atoms with van der Waals surface area (Å²) < 4.78 is 15.7. The highest BCUT2D eigenvalue weighted by molar-refractivity contribution is 6.28. The van der Waals surface area contributed by atoms with Crippen LogP contribution < -0.4 is 5.32 Å². The van der Waals surface area contributed by atoms with Crippen LogP contribution in [0.3, 0.4) is 0 Å². The lowest BCUT2D eigenvalue weighted by molar-refractivity contribution is 0.199. The van der Waals surface area contributed by atoms with Crippen LogP contribution >= 0.6 is 11.6 Å². The third-order valence-electron chi connectivity index (χ3n) is 2.37. The average Bonchev–Trinajstić information content (AvgIpc) is 2.97. The lowest BCUT2D eigenvalue weighted by Crippen LogP contribution is -2.21. The Labute approximate surface area is 110 Å². The summed E-state index contributed by atoms with van der Waals surface area (Å²) in [5.74, 6) is 1.85. The van der Waals surface area contributed by atoms with E-state index in [9.17, 15) is 0 Å². The number of furan rings is 1. The van der Waals surface area contributed by atoms with Gasteiger partial charge in [0.05, 0.1) is 12.8 Å². The van der Waals surface area contributed by atoms with Crippen LogP contribution in [0.1, 0.15) is 5.89 Å². The summed E-state index contributed by atoms with van der Waals surface area (Å²) in [5.41, 5.74) is 0. The number of aromatic nitrogens is 1. The van der Waals surface area contributed by atoms with E-state index in [2.05, 4.69) is 10.3 Å². The number of ether oxygens (including phenoxy) is 1. The van der Waals surface area contributed by atoms with Gasteiger partial charge >= 0.3 is 0 Å². The molecule has 0 spiro atoms. The maximum absolute atomic E-state index is 5.70. The Morgan fingerprint density at radius 2 is 2.17 bits per heavy atom. The molecule has 2 aromatic heterocycles. The minimum Gasteiger partial charge on any atom is -0.441 e. The van der Waals surface area contributed by atoms with Gasteiger partial charge in [-0.2, -0.15) is 0 Å². The van der Waals surface area contributed by atoms with Gasteiger partial charge in [-0.3, -0.25) is 0 Å². The molecule has 0 unspecified atom stereocenters. The fraction of sp³-hybridized carbons (Fsp3) is 0.417. The number of oxazole rings is 1. The first kappa shape index (κ1) is 13.1. The van der Waals surface area contributed by atoms with Crippen molar-refractivity contribution in [3.63, 3.8) is 0 Å². The molecule has 18 heavy (non-hydrogen) atoms. The monoisotopic (exact) mass is 270 g/mol. The van der Waals surface area contributed by atoms with Gasteiger partial charge in [0.2, 0.25) is 0 Å². The Kier molecular flexibility index (Phi) is 4.81. The molecule has 0 amide bonds. The molecule has 0 aliphatic rings. The summed E-state index contributed by atoms with van der Waals surface area (Å²) in [6, 6.07) is 3.43. The van der Waals surface area contributed by atoms with E-state index in [0.717, 1.165) is 19.5 Å². The lowest BCUT2D eigenvalue weighted by Gasteiger charge is -2.00. The molecular formula is C12H15ClN2O3. The highest BCUT2D eigenvalue weighted by atomic mass is 35.5. The molecule has 5 nitrogen and oxygen atoms in total. The second-order valence-corrected chi connectivity index (χ2v) is 4.09. The number of halogens is 1. The smallest absolute Gasteiger partial charge is 0.196 e. The number of hydrogen-bond donors (Lipinski definition) is 1. The van der Waals surface area contributed by atoms with Crippen LogP contribution in [0.15, 0.2) is 27.2 Å². The van der Waals surface area contributed by atoms with Crippen molar-refractivity contribution in [2.24, 2.45) is 0 Å². The third-order valence-corrected chi connectivity index (χ3v) is 2.57. The van der Waals surface area contributed by atoms with Crippen LogP contribution in [-0.2, 0) is 11.2 Å². The molecule has 0 bridgehead atoms. The first-order valence-electron chi connectivity index (χ1n) is 5.69. The molecule has 0 aliphatic carbocycles. The molecule has 98 valence electrons. The van der Waals surface area contributed by atoms with Crippen LogP contribution in [0.4, 0.5) is 0 Å². The fourth-order valence-electron chi connectivity index (χ4n) is 1.48. The molecule has 0 saturated carbocycles. The molecule has 2 heterocycles. The van der Waals surface area contributed by atoms with Crippen molar-refractivity contribution in [2.45, 2.75) is 6.42 Å². The zero-order valence-electron chi connectivity index (χ0n) is 10.1. The van der Waals surface area contributed by atoms with Gasteiger partial charge in [0.1, 0.15) is 0 Å². The summed E-state index contributed by atoms with van der Waals surface area (Å²) in [6.07, 6.45) is 2.36. The van der Waals surface area contributed by atoms with Crippen molar-refractivity contribution >= 4 is 11.6 Å². The van der Waals surface area contributed by atoms with E-state index >= 15 is 0 Å². The molecule has 0 radical (unpaired) electrons. The molecule has 2 aromatic rings. The molecule has 0 atom stereocenters. The molecule has 0 saturated heterocycles. The summed E-state index contributed by atoms with van der Waals surface area (Å²) in [4.78, 5) is 4.18. The SMILES string of the molecule is COCCNCCc1ncc(-c2ccc(Cl)o2)o1.